The van der Waals surface area contributed by atoms with Gasteiger partial charge in [0, 0.05) is 42.7 Å². The molecule has 1 atom stereocenters. The van der Waals surface area contributed by atoms with Crippen LogP contribution in [0.2, 0.25) is 0 Å². The summed E-state index contributed by atoms with van der Waals surface area (Å²) in [5.41, 5.74) is 2.06. The first kappa shape index (κ1) is 18.8. The van der Waals surface area contributed by atoms with E-state index in [1.165, 1.54) is 6.20 Å². The number of aliphatic hydroxyl groups is 1. The third-order valence-corrected chi connectivity index (χ3v) is 4.64. The highest BCUT2D eigenvalue weighted by molar-refractivity contribution is 5.17. The zero-order chi connectivity index (χ0) is 18.7. The molecule has 2 aromatic rings. The molecular weight excluding hydrogens is 347 g/mol. The molecule has 142 valence electrons. The van der Waals surface area contributed by atoms with Gasteiger partial charge in [0.1, 0.15) is 0 Å². The van der Waals surface area contributed by atoms with Gasteiger partial charge in [-0.15, -0.1) is 0 Å². The van der Waals surface area contributed by atoms with Crippen LogP contribution < -0.4 is 0 Å². The van der Waals surface area contributed by atoms with Crippen LogP contribution in [0.25, 0.3) is 0 Å². The largest absolute Gasteiger partial charge is 0.451 e. The summed E-state index contributed by atoms with van der Waals surface area (Å²) in [5, 5.41) is 13.5. The van der Waals surface area contributed by atoms with Crippen molar-refractivity contribution >= 4 is 0 Å². The number of halogens is 3. The van der Waals surface area contributed by atoms with Gasteiger partial charge in [-0.3, -0.25) is 9.58 Å². The number of rotatable bonds is 5. The van der Waals surface area contributed by atoms with Crippen LogP contribution in [0.15, 0.2) is 18.5 Å². The van der Waals surface area contributed by atoms with E-state index in [0.717, 1.165) is 31.6 Å². The van der Waals surface area contributed by atoms with E-state index in [9.17, 15) is 13.2 Å². The minimum Gasteiger partial charge on any atom is -0.394 e. The number of alkyl halides is 3. The molecule has 9 heteroatoms. The number of piperidine rings is 1. The van der Waals surface area contributed by atoms with Crippen LogP contribution in [0.3, 0.4) is 0 Å². The Balaban J connectivity index is 1.66. The van der Waals surface area contributed by atoms with Crippen molar-refractivity contribution in [2.45, 2.75) is 44.9 Å². The van der Waals surface area contributed by atoms with Crippen LogP contribution >= 0.6 is 0 Å². The molecule has 1 N–H and O–H groups in total. The van der Waals surface area contributed by atoms with Gasteiger partial charge in [0.2, 0.25) is 5.82 Å². The molecule has 3 rings (SSSR count). The van der Waals surface area contributed by atoms with Crippen LogP contribution in [0.1, 0.15) is 41.5 Å². The van der Waals surface area contributed by atoms with Crippen LogP contribution in [0.5, 0.6) is 0 Å². The number of aromatic nitrogens is 4. The Labute approximate surface area is 149 Å². The molecule has 1 fully saturated rings. The van der Waals surface area contributed by atoms with Gasteiger partial charge in [0.25, 0.3) is 0 Å². The second kappa shape index (κ2) is 7.71. The summed E-state index contributed by atoms with van der Waals surface area (Å²) in [7, 11) is 0. The predicted molar refractivity (Wildman–Crippen MR) is 88.3 cm³/mol. The molecule has 0 radical (unpaired) electrons. The highest BCUT2D eigenvalue weighted by Crippen LogP contribution is 2.28. The van der Waals surface area contributed by atoms with Crippen LogP contribution in [0.4, 0.5) is 13.2 Å². The van der Waals surface area contributed by atoms with Gasteiger partial charge in [-0.1, -0.05) is 0 Å². The third kappa shape index (κ3) is 4.39. The molecule has 0 saturated carbocycles. The summed E-state index contributed by atoms with van der Waals surface area (Å²) >= 11 is 0. The zero-order valence-electron chi connectivity index (χ0n) is 14.6. The SMILES string of the molecule is Cc1nc(C(F)(F)F)ncc1CN1CCC[C@H](c2ccn(CCO)n2)C1. The van der Waals surface area contributed by atoms with Gasteiger partial charge in [0.15, 0.2) is 0 Å². The first-order chi connectivity index (χ1) is 12.4. The second-order valence-electron chi connectivity index (χ2n) is 6.60. The molecule has 0 aliphatic carbocycles. The number of nitrogens with zero attached hydrogens (tertiary/aromatic N) is 5. The number of aryl methyl sites for hydroxylation is 1. The maximum absolute atomic E-state index is 12.7. The highest BCUT2D eigenvalue weighted by Gasteiger charge is 2.35. The minimum absolute atomic E-state index is 0.0467. The molecule has 1 aliphatic rings. The zero-order valence-corrected chi connectivity index (χ0v) is 14.6. The standard InChI is InChI=1S/C17H22F3N5O/c1-12-14(9-21-16(22-12)17(18,19)20)11-24-5-2-3-13(10-24)15-4-6-25(23-15)7-8-26/h4,6,9,13,26H,2-3,5,7-8,10-11H2,1H3/t13-/m0/s1. The van der Waals surface area contributed by atoms with E-state index in [0.29, 0.717) is 24.3 Å². The molecule has 0 unspecified atom stereocenters. The normalized spacial score (nSPS) is 19.0. The van der Waals surface area contributed by atoms with Gasteiger partial charge in [0.05, 0.1) is 18.8 Å². The van der Waals surface area contributed by atoms with Crippen molar-refractivity contribution in [2.24, 2.45) is 0 Å². The van der Waals surface area contributed by atoms with Gasteiger partial charge in [-0.05, 0) is 32.4 Å². The molecule has 2 aromatic heterocycles. The lowest BCUT2D eigenvalue weighted by Gasteiger charge is -2.32. The molecule has 0 bridgehead atoms. The molecule has 6 nitrogen and oxygen atoms in total. The minimum atomic E-state index is -4.52. The Morgan fingerprint density at radius 3 is 2.85 bits per heavy atom. The molecule has 0 amide bonds. The summed E-state index contributed by atoms with van der Waals surface area (Å²) < 4.78 is 39.8. The monoisotopic (exact) mass is 369 g/mol. The van der Waals surface area contributed by atoms with Crippen LogP contribution in [0, 0.1) is 6.92 Å². The van der Waals surface area contributed by atoms with E-state index in [4.69, 9.17) is 5.11 Å². The lowest BCUT2D eigenvalue weighted by Crippen LogP contribution is -2.34. The summed E-state index contributed by atoms with van der Waals surface area (Å²) in [6, 6.07) is 1.97. The highest BCUT2D eigenvalue weighted by atomic mass is 19.4. The van der Waals surface area contributed by atoms with E-state index in [1.54, 1.807) is 11.6 Å². The molecule has 1 saturated heterocycles. The molecule has 0 spiro atoms. The van der Waals surface area contributed by atoms with Gasteiger partial charge >= 0.3 is 6.18 Å². The van der Waals surface area contributed by atoms with Crippen molar-refractivity contribution in [1.29, 1.82) is 0 Å². The molecule has 1 aliphatic heterocycles. The Morgan fingerprint density at radius 1 is 1.35 bits per heavy atom. The summed E-state index contributed by atoms with van der Waals surface area (Å²) in [4.78, 5) is 9.29. The Morgan fingerprint density at radius 2 is 2.15 bits per heavy atom. The van der Waals surface area contributed by atoms with Crippen molar-refractivity contribution in [3.63, 3.8) is 0 Å². The summed E-state index contributed by atoms with van der Waals surface area (Å²) in [6.07, 6.45) is 0.642. The first-order valence-corrected chi connectivity index (χ1v) is 8.63. The number of hydrogen-bond acceptors (Lipinski definition) is 5. The van der Waals surface area contributed by atoms with Crippen LogP contribution in [-0.2, 0) is 19.3 Å². The smallest absolute Gasteiger partial charge is 0.394 e. The van der Waals surface area contributed by atoms with Gasteiger partial charge < -0.3 is 5.11 Å². The van der Waals surface area contributed by atoms with Crippen molar-refractivity contribution in [1.82, 2.24) is 24.6 Å². The fraction of sp³-hybridized carbons (Fsp3) is 0.588. The number of hydrogen-bond donors (Lipinski definition) is 1. The number of likely N-dealkylation sites (tertiary alicyclic amines) is 1. The van der Waals surface area contributed by atoms with Gasteiger partial charge in [-0.2, -0.15) is 18.3 Å². The summed E-state index contributed by atoms with van der Waals surface area (Å²) in [6.45, 7) is 4.30. The number of aliphatic hydroxyl groups excluding tert-OH is 1. The Hall–Kier alpha value is -2.00. The first-order valence-electron chi connectivity index (χ1n) is 8.63. The lowest BCUT2D eigenvalue weighted by atomic mass is 9.94. The maximum atomic E-state index is 12.7. The quantitative estimate of drug-likeness (QED) is 0.877. The average molecular weight is 369 g/mol. The van der Waals surface area contributed by atoms with Crippen molar-refractivity contribution in [2.75, 3.05) is 19.7 Å². The average Bonchev–Trinajstić information content (AvgIpc) is 3.05. The molecule has 26 heavy (non-hydrogen) atoms. The van der Waals surface area contributed by atoms with E-state index in [2.05, 4.69) is 20.0 Å². The lowest BCUT2D eigenvalue weighted by molar-refractivity contribution is -0.145. The topological polar surface area (TPSA) is 67.1 Å². The van der Waals surface area contributed by atoms with E-state index < -0.39 is 12.0 Å². The third-order valence-electron chi connectivity index (χ3n) is 4.64. The molecular formula is C17H22F3N5O. The fourth-order valence-corrected chi connectivity index (χ4v) is 3.29. The van der Waals surface area contributed by atoms with Crippen molar-refractivity contribution in [3.05, 3.63) is 41.2 Å². The fourth-order valence-electron chi connectivity index (χ4n) is 3.29. The predicted octanol–water partition coefficient (Wildman–Crippen LogP) is 2.37. The van der Waals surface area contributed by atoms with E-state index in [-0.39, 0.29) is 12.5 Å². The maximum Gasteiger partial charge on any atom is 0.451 e. The molecule has 0 aromatic carbocycles. The summed E-state index contributed by atoms with van der Waals surface area (Å²) in [5.74, 6) is -0.816. The second-order valence-corrected chi connectivity index (χ2v) is 6.60. The molecule has 3 heterocycles. The van der Waals surface area contributed by atoms with Gasteiger partial charge in [-0.25, -0.2) is 9.97 Å². The Kier molecular flexibility index (Phi) is 5.57. The van der Waals surface area contributed by atoms with Crippen molar-refractivity contribution in [3.8, 4) is 0 Å². The van der Waals surface area contributed by atoms with E-state index >= 15 is 0 Å². The van der Waals surface area contributed by atoms with E-state index in [1.807, 2.05) is 12.3 Å². The van der Waals surface area contributed by atoms with Crippen LogP contribution in [-0.4, -0.2) is 49.5 Å². The van der Waals surface area contributed by atoms with Crippen molar-refractivity contribution < 1.29 is 18.3 Å². The Bertz CT molecular complexity index is 746.